The van der Waals surface area contributed by atoms with Gasteiger partial charge in [-0.05, 0) is 81.4 Å². The average molecular weight is 455 g/mol. The van der Waals surface area contributed by atoms with Crippen molar-refractivity contribution >= 4 is 5.91 Å². The summed E-state index contributed by atoms with van der Waals surface area (Å²) in [6.45, 7) is 4.58. The summed E-state index contributed by atoms with van der Waals surface area (Å²) in [5.41, 5.74) is 1.67. The van der Waals surface area contributed by atoms with E-state index in [2.05, 4.69) is 15.3 Å². The summed E-state index contributed by atoms with van der Waals surface area (Å²) in [6, 6.07) is 9.82. The molecule has 1 aliphatic heterocycles. The number of carbonyl (C=O) groups is 1. The molecule has 0 bridgehead atoms. The lowest BCUT2D eigenvalue weighted by Crippen LogP contribution is -2.45. The molecule has 2 aliphatic rings. The van der Waals surface area contributed by atoms with Crippen LogP contribution in [0.5, 0.6) is 0 Å². The number of benzene rings is 1. The second-order valence-electron chi connectivity index (χ2n) is 9.34. The number of piperidine rings is 1. The summed E-state index contributed by atoms with van der Waals surface area (Å²) in [4.78, 5) is 15.5. The number of amides is 1. The van der Waals surface area contributed by atoms with E-state index < -0.39 is 0 Å². The Morgan fingerprint density at radius 3 is 2.76 bits per heavy atom. The van der Waals surface area contributed by atoms with Gasteiger partial charge in [0, 0.05) is 37.7 Å². The van der Waals surface area contributed by atoms with Crippen molar-refractivity contribution in [1.29, 1.82) is 0 Å². The topological polar surface area (TPSA) is 68.6 Å². The normalized spacial score (nSPS) is 24.0. The lowest BCUT2D eigenvalue weighted by atomic mass is 9.82. The molecule has 3 atom stereocenters. The van der Waals surface area contributed by atoms with Crippen LogP contribution in [-0.2, 0) is 9.47 Å². The van der Waals surface area contributed by atoms with Gasteiger partial charge < -0.3 is 19.7 Å². The second kappa shape index (κ2) is 12.3. The van der Waals surface area contributed by atoms with Crippen LogP contribution in [0.2, 0.25) is 0 Å². The Morgan fingerprint density at radius 2 is 1.97 bits per heavy atom. The summed E-state index contributed by atoms with van der Waals surface area (Å²) in [6.07, 6.45) is 12.2. The fourth-order valence-electron chi connectivity index (χ4n) is 5.18. The number of rotatable bonds is 10. The van der Waals surface area contributed by atoms with Crippen molar-refractivity contribution < 1.29 is 14.3 Å². The molecule has 2 heterocycles. The van der Waals surface area contributed by atoms with E-state index in [-0.39, 0.29) is 11.9 Å². The first-order valence-corrected chi connectivity index (χ1v) is 12.5. The van der Waals surface area contributed by atoms with E-state index in [1.807, 2.05) is 36.5 Å². The average Bonchev–Trinajstić information content (AvgIpc) is 3.39. The molecule has 1 aliphatic carbocycles. The summed E-state index contributed by atoms with van der Waals surface area (Å²) < 4.78 is 12.9. The van der Waals surface area contributed by atoms with Gasteiger partial charge >= 0.3 is 0 Å². The van der Waals surface area contributed by atoms with E-state index in [0.29, 0.717) is 30.8 Å². The van der Waals surface area contributed by atoms with Crippen LogP contribution in [0, 0.1) is 5.92 Å². The largest absolute Gasteiger partial charge is 0.382 e. The van der Waals surface area contributed by atoms with Gasteiger partial charge in [-0.1, -0.05) is 12.8 Å². The number of nitrogens with zero attached hydrogens (tertiary/aromatic N) is 3. The zero-order chi connectivity index (χ0) is 22.9. The smallest absolute Gasteiger partial charge is 0.251 e. The van der Waals surface area contributed by atoms with Crippen LogP contribution in [0.4, 0.5) is 0 Å². The molecule has 1 aromatic carbocycles. The van der Waals surface area contributed by atoms with Crippen molar-refractivity contribution in [3.05, 3.63) is 48.3 Å². The Morgan fingerprint density at radius 1 is 1.12 bits per heavy atom. The molecule has 1 N–H and O–H groups in total. The number of aromatic nitrogens is 2. The lowest BCUT2D eigenvalue weighted by Gasteiger charge is -2.36. The summed E-state index contributed by atoms with van der Waals surface area (Å²) in [5.74, 6) is 0.573. The van der Waals surface area contributed by atoms with Crippen molar-refractivity contribution in [2.75, 3.05) is 40.0 Å². The molecule has 0 spiro atoms. The maximum Gasteiger partial charge on any atom is 0.251 e. The molecule has 1 unspecified atom stereocenters. The Kier molecular flexibility index (Phi) is 8.92. The SMILES string of the molecule is COCCO[C@@H]1CCCN(CC[C@H]2CCCCC2NC(=O)c2ccc(-n3cccn3)cc2)C1. The predicted molar refractivity (Wildman–Crippen MR) is 129 cm³/mol. The van der Waals surface area contributed by atoms with Gasteiger partial charge in [0.05, 0.1) is 25.0 Å². The summed E-state index contributed by atoms with van der Waals surface area (Å²) >= 11 is 0. The monoisotopic (exact) mass is 454 g/mol. The lowest BCUT2D eigenvalue weighted by molar-refractivity contribution is -0.0220. The van der Waals surface area contributed by atoms with Crippen LogP contribution in [0.15, 0.2) is 42.7 Å². The van der Waals surface area contributed by atoms with Crippen LogP contribution < -0.4 is 5.32 Å². The number of hydrogen-bond donors (Lipinski definition) is 1. The number of carbonyl (C=O) groups excluding carboxylic acids is 1. The minimum Gasteiger partial charge on any atom is -0.382 e. The zero-order valence-corrected chi connectivity index (χ0v) is 19.8. The van der Waals surface area contributed by atoms with Gasteiger partial charge in [0.1, 0.15) is 0 Å². The van der Waals surface area contributed by atoms with Crippen molar-refractivity contribution in [2.24, 2.45) is 5.92 Å². The Hall–Kier alpha value is -2.22. The molecule has 2 fully saturated rings. The highest BCUT2D eigenvalue weighted by Crippen LogP contribution is 2.28. The molecule has 33 heavy (non-hydrogen) atoms. The van der Waals surface area contributed by atoms with Crippen LogP contribution in [0.25, 0.3) is 5.69 Å². The van der Waals surface area contributed by atoms with Gasteiger partial charge in [-0.2, -0.15) is 5.10 Å². The molecule has 4 rings (SSSR count). The molecule has 1 saturated heterocycles. The molecular formula is C26H38N4O3. The minimum atomic E-state index is 0.0310. The number of hydrogen-bond acceptors (Lipinski definition) is 5. The van der Waals surface area contributed by atoms with Gasteiger partial charge in [0.25, 0.3) is 5.91 Å². The molecule has 1 saturated carbocycles. The first-order chi connectivity index (χ1) is 16.2. The standard InChI is InChI=1S/C26H38N4O3/c1-32-18-19-33-24-7-4-15-29(20-24)17-13-21-6-2-3-8-25(21)28-26(31)22-9-11-23(12-10-22)30-16-5-14-27-30/h5,9-12,14,16,21,24-25H,2-4,6-8,13,15,17-20H2,1H3,(H,28,31)/t21-,24-,25?/m1/s1. The highest BCUT2D eigenvalue weighted by Gasteiger charge is 2.28. The van der Waals surface area contributed by atoms with Crippen molar-refractivity contribution in [1.82, 2.24) is 20.0 Å². The summed E-state index contributed by atoms with van der Waals surface area (Å²) in [5, 5.41) is 7.60. The quantitative estimate of drug-likeness (QED) is 0.555. The van der Waals surface area contributed by atoms with E-state index >= 15 is 0 Å². The zero-order valence-electron chi connectivity index (χ0n) is 19.8. The van der Waals surface area contributed by atoms with Crippen molar-refractivity contribution in [3.8, 4) is 5.69 Å². The van der Waals surface area contributed by atoms with Crippen LogP contribution in [-0.4, -0.2) is 72.7 Å². The molecule has 7 nitrogen and oxygen atoms in total. The van der Waals surface area contributed by atoms with Crippen LogP contribution in [0.3, 0.4) is 0 Å². The van der Waals surface area contributed by atoms with Gasteiger partial charge in [-0.15, -0.1) is 0 Å². The predicted octanol–water partition coefficient (Wildman–Crippen LogP) is 3.68. The number of methoxy groups -OCH3 is 1. The molecule has 2 aromatic rings. The highest BCUT2D eigenvalue weighted by molar-refractivity contribution is 5.94. The minimum absolute atomic E-state index is 0.0310. The molecule has 1 amide bonds. The van der Waals surface area contributed by atoms with E-state index in [1.165, 1.54) is 25.7 Å². The van der Waals surface area contributed by atoms with Crippen LogP contribution >= 0.6 is 0 Å². The van der Waals surface area contributed by atoms with Crippen molar-refractivity contribution in [3.63, 3.8) is 0 Å². The first-order valence-electron chi connectivity index (χ1n) is 12.5. The molecule has 1 aromatic heterocycles. The third kappa shape index (κ3) is 6.88. The third-order valence-corrected chi connectivity index (χ3v) is 7.04. The Labute approximate surface area is 197 Å². The number of nitrogens with one attached hydrogen (secondary N) is 1. The maximum absolute atomic E-state index is 13.0. The number of ether oxygens (including phenoxy) is 2. The van der Waals surface area contributed by atoms with Crippen LogP contribution in [0.1, 0.15) is 55.3 Å². The third-order valence-electron chi connectivity index (χ3n) is 7.04. The maximum atomic E-state index is 13.0. The Balaban J connectivity index is 1.27. The summed E-state index contributed by atoms with van der Waals surface area (Å²) in [7, 11) is 1.71. The fourth-order valence-corrected chi connectivity index (χ4v) is 5.18. The molecular weight excluding hydrogens is 416 g/mol. The second-order valence-corrected chi connectivity index (χ2v) is 9.34. The van der Waals surface area contributed by atoms with Gasteiger partial charge in [0.2, 0.25) is 0 Å². The van der Waals surface area contributed by atoms with Gasteiger partial charge in [-0.3, -0.25) is 4.79 Å². The first kappa shape index (κ1) is 23.9. The van der Waals surface area contributed by atoms with Gasteiger partial charge in [-0.25, -0.2) is 4.68 Å². The molecule has 7 heteroatoms. The fraction of sp³-hybridized carbons (Fsp3) is 0.615. The Bertz CT molecular complexity index is 840. The number of likely N-dealkylation sites (tertiary alicyclic amines) is 1. The van der Waals surface area contributed by atoms with E-state index in [0.717, 1.165) is 44.6 Å². The van der Waals surface area contributed by atoms with E-state index in [9.17, 15) is 4.79 Å². The van der Waals surface area contributed by atoms with E-state index in [1.54, 1.807) is 18.0 Å². The van der Waals surface area contributed by atoms with E-state index in [4.69, 9.17) is 9.47 Å². The van der Waals surface area contributed by atoms with Crippen molar-refractivity contribution in [2.45, 2.75) is 57.1 Å². The molecule has 180 valence electrons. The molecule has 0 radical (unpaired) electrons. The highest BCUT2D eigenvalue weighted by atomic mass is 16.5. The van der Waals surface area contributed by atoms with Gasteiger partial charge in [0.15, 0.2) is 0 Å².